The van der Waals surface area contributed by atoms with Gasteiger partial charge in [0.25, 0.3) is 5.91 Å². The van der Waals surface area contributed by atoms with E-state index in [2.05, 4.69) is 94.9 Å². The Balaban J connectivity index is 1.56. The van der Waals surface area contributed by atoms with Gasteiger partial charge in [-0.15, -0.1) is 11.3 Å². The summed E-state index contributed by atoms with van der Waals surface area (Å²) in [7, 11) is 4.12. The Hall–Kier alpha value is -3.42. The highest BCUT2D eigenvalue weighted by molar-refractivity contribution is 7.10. The standard InChI is InChI=1S/C31H36N4O2S/c1-33(2)20-21-35-25-14-7-6-13-24(25)29(28(26-15-9-22-38-26)23-11-4-3-5-12-23)30(35)31(37)32-17-10-19-34-18-8-16-27(34)36/h3-7,9,11-15,22,28H,8,10,16-21H2,1-2H3,(H,32,37). The molecule has 2 aromatic carbocycles. The van der Waals surface area contributed by atoms with Crippen LogP contribution in [0.2, 0.25) is 0 Å². The van der Waals surface area contributed by atoms with Crippen molar-refractivity contribution < 1.29 is 9.59 Å². The summed E-state index contributed by atoms with van der Waals surface area (Å²) in [6.45, 7) is 3.59. The first-order valence-corrected chi connectivity index (χ1v) is 14.3. The lowest BCUT2D eigenvalue weighted by Crippen LogP contribution is -2.32. The van der Waals surface area contributed by atoms with Crippen LogP contribution in [0.5, 0.6) is 0 Å². The number of benzene rings is 2. The number of likely N-dealkylation sites (N-methyl/N-ethyl adjacent to an activating group) is 1. The fourth-order valence-electron chi connectivity index (χ4n) is 5.47. The van der Waals surface area contributed by atoms with E-state index in [9.17, 15) is 9.59 Å². The lowest BCUT2D eigenvalue weighted by atomic mass is 9.87. The van der Waals surface area contributed by atoms with E-state index in [1.54, 1.807) is 11.3 Å². The highest BCUT2D eigenvalue weighted by Crippen LogP contribution is 2.41. The van der Waals surface area contributed by atoms with E-state index in [0.29, 0.717) is 26.1 Å². The van der Waals surface area contributed by atoms with Gasteiger partial charge in [-0.2, -0.15) is 0 Å². The van der Waals surface area contributed by atoms with Crippen LogP contribution in [0.4, 0.5) is 0 Å². The molecule has 2 amide bonds. The summed E-state index contributed by atoms with van der Waals surface area (Å²) in [4.78, 5) is 31.3. The Labute approximate surface area is 228 Å². The number of carbonyl (C=O) groups is 2. The van der Waals surface area contributed by atoms with Gasteiger partial charge in [-0.05, 0) is 50.0 Å². The van der Waals surface area contributed by atoms with E-state index in [0.717, 1.165) is 48.1 Å². The number of aromatic nitrogens is 1. The Kier molecular flexibility index (Phi) is 8.25. The van der Waals surface area contributed by atoms with Crippen LogP contribution in [0.3, 0.4) is 0 Å². The predicted molar refractivity (Wildman–Crippen MR) is 155 cm³/mol. The second-order valence-electron chi connectivity index (χ2n) is 10.2. The van der Waals surface area contributed by atoms with Crippen molar-refractivity contribution in [2.24, 2.45) is 0 Å². The second-order valence-corrected chi connectivity index (χ2v) is 11.2. The predicted octanol–water partition coefficient (Wildman–Crippen LogP) is 5.19. The first-order chi connectivity index (χ1) is 18.5. The molecule has 198 valence electrons. The molecule has 3 heterocycles. The number of carbonyl (C=O) groups excluding carboxylic acids is 2. The highest BCUT2D eigenvalue weighted by atomic mass is 32.1. The molecule has 38 heavy (non-hydrogen) atoms. The summed E-state index contributed by atoms with van der Waals surface area (Å²) in [6, 6.07) is 23.1. The number of nitrogens with one attached hydrogen (secondary N) is 1. The molecule has 4 aromatic rings. The number of thiophene rings is 1. The zero-order valence-electron chi connectivity index (χ0n) is 22.2. The molecular formula is C31H36N4O2S. The smallest absolute Gasteiger partial charge is 0.268 e. The molecule has 1 aliphatic heterocycles. The molecule has 1 saturated heterocycles. The normalized spacial score (nSPS) is 14.5. The molecule has 1 N–H and O–H groups in total. The van der Waals surface area contributed by atoms with Crippen molar-refractivity contribution in [3.63, 3.8) is 0 Å². The quantitative estimate of drug-likeness (QED) is 0.273. The van der Waals surface area contributed by atoms with Gasteiger partial charge < -0.3 is 19.7 Å². The van der Waals surface area contributed by atoms with Crippen LogP contribution in [0.15, 0.2) is 72.1 Å². The van der Waals surface area contributed by atoms with Crippen molar-refractivity contribution in [2.45, 2.75) is 31.7 Å². The number of likely N-dealkylation sites (tertiary alicyclic amines) is 1. The van der Waals surface area contributed by atoms with E-state index in [4.69, 9.17) is 0 Å². The Morgan fingerprint density at radius 3 is 2.53 bits per heavy atom. The number of nitrogens with zero attached hydrogens (tertiary/aromatic N) is 3. The van der Waals surface area contributed by atoms with Crippen molar-refractivity contribution in [2.75, 3.05) is 40.3 Å². The van der Waals surface area contributed by atoms with Crippen molar-refractivity contribution >= 4 is 34.1 Å². The van der Waals surface area contributed by atoms with Crippen molar-refractivity contribution in [1.82, 2.24) is 19.7 Å². The van der Waals surface area contributed by atoms with Gasteiger partial charge in [0.2, 0.25) is 5.91 Å². The molecule has 0 radical (unpaired) electrons. The number of amides is 2. The molecule has 1 aliphatic rings. The van der Waals surface area contributed by atoms with Crippen molar-refractivity contribution in [3.05, 3.63) is 93.8 Å². The lowest BCUT2D eigenvalue weighted by Gasteiger charge is -2.20. The van der Waals surface area contributed by atoms with Crippen LogP contribution in [0, 0.1) is 0 Å². The molecule has 5 rings (SSSR count). The number of hydrogen-bond acceptors (Lipinski definition) is 4. The molecule has 0 aliphatic carbocycles. The molecule has 1 fully saturated rings. The molecule has 0 spiro atoms. The van der Waals surface area contributed by atoms with Gasteiger partial charge in [0.15, 0.2) is 0 Å². The fraction of sp³-hybridized carbons (Fsp3) is 0.355. The Bertz CT molecular complexity index is 1380. The third-order valence-corrected chi connectivity index (χ3v) is 8.24. The van der Waals surface area contributed by atoms with Gasteiger partial charge in [-0.25, -0.2) is 0 Å². The minimum absolute atomic E-state index is 0.0512. The average molecular weight is 529 g/mol. The van der Waals surface area contributed by atoms with Gasteiger partial charge in [-0.1, -0.05) is 54.6 Å². The zero-order valence-corrected chi connectivity index (χ0v) is 23.0. The Morgan fingerprint density at radius 2 is 1.82 bits per heavy atom. The first-order valence-electron chi connectivity index (χ1n) is 13.4. The molecule has 7 heteroatoms. The first kappa shape index (κ1) is 26.2. The van der Waals surface area contributed by atoms with Crippen LogP contribution in [0.1, 0.15) is 51.7 Å². The van der Waals surface area contributed by atoms with Crippen LogP contribution in [-0.2, 0) is 11.3 Å². The van der Waals surface area contributed by atoms with Gasteiger partial charge in [0, 0.05) is 66.4 Å². The summed E-state index contributed by atoms with van der Waals surface area (Å²) >= 11 is 1.73. The van der Waals surface area contributed by atoms with Gasteiger partial charge >= 0.3 is 0 Å². The number of hydrogen-bond donors (Lipinski definition) is 1. The van der Waals surface area contributed by atoms with Crippen molar-refractivity contribution in [3.8, 4) is 0 Å². The average Bonchev–Trinajstić information content (AvgIpc) is 3.67. The van der Waals surface area contributed by atoms with Crippen LogP contribution < -0.4 is 5.32 Å². The molecule has 1 unspecified atom stereocenters. The van der Waals surface area contributed by atoms with Crippen molar-refractivity contribution in [1.29, 1.82) is 0 Å². The monoisotopic (exact) mass is 528 g/mol. The van der Waals surface area contributed by atoms with Gasteiger partial charge in [0.1, 0.15) is 5.69 Å². The maximum absolute atomic E-state index is 14.0. The summed E-state index contributed by atoms with van der Waals surface area (Å²) in [5.74, 6) is 0.119. The summed E-state index contributed by atoms with van der Waals surface area (Å²) in [5.41, 5.74) is 4.04. The van der Waals surface area contributed by atoms with Crippen LogP contribution >= 0.6 is 11.3 Å². The molecule has 0 bridgehead atoms. The lowest BCUT2D eigenvalue weighted by molar-refractivity contribution is -0.127. The number of para-hydroxylation sites is 1. The van der Waals surface area contributed by atoms with Crippen LogP contribution in [0.25, 0.3) is 10.9 Å². The number of fused-ring (bicyclic) bond motifs is 1. The van der Waals surface area contributed by atoms with E-state index in [-0.39, 0.29) is 17.7 Å². The maximum atomic E-state index is 14.0. The van der Waals surface area contributed by atoms with E-state index in [1.165, 1.54) is 10.4 Å². The third kappa shape index (κ3) is 5.54. The second kappa shape index (κ2) is 12.0. The largest absolute Gasteiger partial charge is 0.351 e. The molecule has 0 saturated carbocycles. The third-order valence-electron chi connectivity index (χ3n) is 7.31. The Morgan fingerprint density at radius 1 is 1.03 bits per heavy atom. The molecule has 2 aromatic heterocycles. The molecule has 1 atom stereocenters. The van der Waals surface area contributed by atoms with Gasteiger partial charge in [-0.3, -0.25) is 9.59 Å². The van der Waals surface area contributed by atoms with Crippen LogP contribution in [-0.4, -0.2) is 66.5 Å². The molecule has 6 nitrogen and oxygen atoms in total. The number of rotatable bonds is 11. The summed E-state index contributed by atoms with van der Waals surface area (Å²) in [5, 5.41) is 6.43. The summed E-state index contributed by atoms with van der Waals surface area (Å²) in [6.07, 6.45) is 2.33. The van der Waals surface area contributed by atoms with E-state index >= 15 is 0 Å². The van der Waals surface area contributed by atoms with E-state index < -0.39 is 0 Å². The maximum Gasteiger partial charge on any atom is 0.268 e. The SMILES string of the molecule is CN(C)CCn1c(C(=O)NCCCN2CCCC2=O)c(C(c2ccccc2)c2cccs2)c2ccccc21. The van der Waals surface area contributed by atoms with E-state index in [1.807, 2.05) is 11.0 Å². The minimum Gasteiger partial charge on any atom is -0.351 e. The summed E-state index contributed by atoms with van der Waals surface area (Å²) < 4.78 is 2.20. The highest BCUT2D eigenvalue weighted by Gasteiger charge is 2.30. The topological polar surface area (TPSA) is 57.6 Å². The zero-order chi connectivity index (χ0) is 26.5. The fourth-order valence-corrected chi connectivity index (χ4v) is 6.33. The molecular weight excluding hydrogens is 492 g/mol. The van der Waals surface area contributed by atoms with Gasteiger partial charge in [0.05, 0.1) is 0 Å². The minimum atomic E-state index is -0.0554.